The molecule has 2 amide bonds. The Labute approximate surface area is 196 Å². The average molecular weight is 496 g/mol. The molecule has 0 bridgehead atoms. The molecule has 0 radical (unpaired) electrons. The number of ketones is 1. The first-order chi connectivity index (χ1) is 15.8. The number of hydrogen-bond acceptors (Lipinski definition) is 4. The minimum atomic E-state index is -5.38. The number of nitrogens with zero attached hydrogens (tertiary/aromatic N) is 2. The van der Waals surface area contributed by atoms with Crippen LogP contribution in [0, 0.1) is 11.2 Å². The second-order valence-electron chi connectivity index (χ2n) is 8.95. The van der Waals surface area contributed by atoms with E-state index in [0.717, 1.165) is 24.4 Å². The lowest BCUT2D eigenvalue weighted by Gasteiger charge is -2.35. The first-order valence-electron chi connectivity index (χ1n) is 10.1. The number of rotatable bonds is 3. The average Bonchev–Trinajstić information content (AvgIpc) is 2.98. The first kappa shape index (κ1) is 23.9. The molecule has 0 saturated carbocycles. The van der Waals surface area contributed by atoms with E-state index in [1.54, 1.807) is 19.2 Å². The Bertz CT molecular complexity index is 1240. The fourth-order valence-electron chi connectivity index (χ4n) is 4.39. The SMILES string of the molecule is CC1(C)CC(=O)C2=C(C1)N(c1ccc(F)c(Cl)c1)C(=O)[C@]2(NC(=O)c1cccnc1)C(F)(F)F. The molecule has 178 valence electrons. The summed E-state index contributed by atoms with van der Waals surface area (Å²) in [5.74, 6) is -4.59. The van der Waals surface area contributed by atoms with Crippen molar-refractivity contribution in [3.8, 4) is 0 Å². The van der Waals surface area contributed by atoms with Gasteiger partial charge in [0.15, 0.2) is 5.78 Å². The predicted molar refractivity (Wildman–Crippen MR) is 114 cm³/mol. The van der Waals surface area contributed by atoms with E-state index in [4.69, 9.17) is 11.6 Å². The summed E-state index contributed by atoms with van der Waals surface area (Å²) < 4.78 is 58.0. The second-order valence-corrected chi connectivity index (χ2v) is 9.35. The molecule has 1 atom stereocenters. The van der Waals surface area contributed by atoms with Gasteiger partial charge < -0.3 is 5.32 Å². The molecule has 6 nitrogen and oxygen atoms in total. The van der Waals surface area contributed by atoms with Gasteiger partial charge in [0.05, 0.1) is 21.8 Å². The zero-order chi connectivity index (χ0) is 25.1. The lowest BCUT2D eigenvalue weighted by molar-refractivity contribution is -0.186. The Morgan fingerprint density at radius 2 is 1.88 bits per heavy atom. The highest BCUT2D eigenvalue weighted by Crippen LogP contribution is 2.53. The van der Waals surface area contributed by atoms with Gasteiger partial charge in [0, 0.05) is 24.5 Å². The summed E-state index contributed by atoms with van der Waals surface area (Å²) in [5, 5.41) is 1.38. The van der Waals surface area contributed by atoms with E-state index in [1.165, 1.54) is 18.3 Å². The highest BCUT2D eigenvalue weighted by molar-refractivity contribution is 6.31. The van der Waals surface area contributed by atoms with E-state index >= 15 is 0 Å². The first-order valence-corrected chi connectivity index (χ1v) is 10.5. The lowest BCUT2D eigenvalue weighted by Crippen LogP contribution is -2.66. The van der Waals surface area contributed by atoms with Crippen LogP contribution in [0.5, 0.6) is 0 Å². The molecule has 0 spiro atoms. The maximum Gasteiger partial charge on any atom is 0.425 e. The van der Waals surface area contributed by atoms with Gasteiger partial charge in [-0.2, -0.15) is 13.2 Å². The van der Waals surface area contributed by atoms with Crippen molar-refractivity contribution < 1.29 is 31.9 Å². The number of carbonyl (C=O) groups is 3. The zero-order valence-electron chi connectivity index (χ0n) is 18.0. The molecule has 11 heteroatoms. The van der Waals surface area contributed by atoms with Crippen molar-refractivity contribution in [1.29, 1.82) is 0 Å². The molecule has 2 heterocycles. The molecule has 2 aliphatic rings. The number of anilines is 1. The summed E-state index contributed by atoms with van der Waals surface area (Å²) in [6.07, 6.45) is -3.35. The van der Waals surface area contributed by atoms with Crippen molar-refractivity contribution in [2.24, 2.45) is 5.41 Å². The number of pyridine rings is 1. The van der Waals surface area contributed by atoms with E-state index < -0.39 is 51.1 Å². The van der Waals surface area contributed by atoms with Crippen LogP contribution in [0.1, 0.15) is 37.0 Å². The van der Waals surface area contributed by atoms with E-state index in [0.29, 0.717) is 4.90 Å². The predicted octanol–water partition coefficient (Wildman–Crippen LogP) is 4.60. The minimum absolute atomic E-state index is 0.0740. The van der Waals surface area contributed by atoms with Gasteiger partial charge in [0.25, 0.3) is 11.8 Å². The van der Waals surface area contributed by atoms with Crippen LogP contribution in [-0.4, -0.2) is 34.3 Å². The van der Waals surface area contributed by atoms with Crippen LogP contribution >= 0.6 is 11.6 Å². The molecule has 1 aromatic carbocycles. The maximum atomic E-state index is 14.8. The maximum absolute atomic E-state index is 14.8. The van der Waals surface area contributed by atoms with Crippen molar-refractivity contribution in [2.45, 2.75) is 38.4 Å². The molecule has 1 aromatic heterocycles. The molecule has 2 aromatic rings. The van der Waals surface area contributed by atoms with Crippen LogP contribution < -0.4 is 10.2 Å². The zero-order valence-corrected chi connectivity index (χ0v) is 18.7. The summed E-state index contributed by atoms with van der Waals surface area (Å²) in [5.41, 5.74) is -5.85. The van der Waals surface area contributed by atoms with E-state index in [2.05, 4.69) is 4.98 Å². The molecule has 0 saturated heterocycles. The van der Waals surface area contributed by atoms with Crippen LogP contribution in [-0.2, 0) is 9.59 Å². The summed E-state index contributed by atoms with van der Waals surface area (Å²) in [7, 11) is 0. The van der Waals surface area contributed by atoms with Gasteiger partial charge in [-0.25, -0.2) is 4.39 Å². The number of allylic oxidation sites excluding steroid dienone is 1. The molecule has 1 N–H and O–H groups in total. The molecule has 1 aliphatic carbocycles. The van der Waals surface area contributed by atoms with Gasteiger partial charge >= 0.3 is 6.18 Å². The van der Waals surface area contributed by atoms with Crippen LogP contribution in [0.4, 0.5) is 23.2 Å². The third-order valence-corrected chi connectivity index (χ3v) is 6.12. The van der Waals surface area contributed by atoms with Crippen LogP contribution in [0.3, 0.4) is 0 Å². The Balaban J connectivity index is 1.96. The van der Waals surface area contributed by atoms with Crippen molar-refractivity contribution >= 4 is 34.9 Å². The smallest absolute Gasteiger partial charge is 0.326 e. The van der Waals surface area contributed by atoms with Gasteiger partial charge in [-0.05, 0) is 42.2 Å². The quantitative estimate of drug-likeness (QED) is 0.631. The third kappa shape index (κ3) is 3.66. The largest absolute Gasteiger partial charge is 0.425 e. The van der Waals surface area contributed by atoms with E-state index in [-0.39, 0.29) is 29.8 Å². The third-order valence-electron chi connectivity index (χ3n) is 5.83. The molecule has 34 heavy (non-hydrogen) atoms. The normalized spacial score (nSPS) is 22.1. The molecular weight excluding hydrogens is 478 g/mol. The van der Waals surface area contributed by atoms with Crippen molar-refractivity contribution in [3.05, 3.63) is 70.4 Å². The number of alkyl halides is 3. The number of halogens is 5. The second kappa shape index (κ2) is 7.90. The molecule has 0 fully saturated rings. The molecule has 0 unspecified atom stereocenters. The van der Waals surface area contributed by atoms with Gasteiger partial charge in [-0.1, -0.05) is 25.4 Å². The van der Waals surface area contributed by atoms with Gasteiger partial charge in [0.1, 0.15) is 5.82 Å². The van der Waals surface area contributed by atoms with E-state index in [1.807, 2.05) is 0 Å². The highest BCUT2D eigenvalue weighted by Gasteiger charge is 2.72. The van der Waals surface area contributed by atoms with Crippen molar-refractivity contribution in [3.63, 3.8) is 0 Å². The number of amides is 2. The number of nitrogens with one attached hydrogen (secondary N) is 1. The van der Waals surface area contributed by atoms with Gasteiger partial charge in [0.2, 0.25) is 5.54 Å². The summed E-state index contributed by atoms with van der Waals surface area (Å²) >= 11 is 5.83. The van der Waals surface area contributed by atoms with Crippen LogP contribution in [0.2, 0.25) is 5.02 Å². The molecule has 4 rings (SSSR count). The Morgan fingerprint density at radius 3 is 2.47 bits per heavy atom. The summed E-state index contributed by atoms with van der Waals surface area (Å²) in [6.45, 7) is 3.35. The van der Waals surface area contributed by atoms with Crippen molar-refractivity contribution in [2.75, 3.05) is 4.90 Å². The Hall–Kier alpha value is -3.27. The summed E-state index contributed by atoms with van der Waals surface area (Å²) in [6, 6.07) is 5.57. The Morgan fingerprint density at radius 1 is 1.18 bits per heavy atom. The van der Waals surface area contributed by atoms with Crippen molar-refractivity contribution in [1.82, 2.24) is 10.3 Å². The number of carbonyl (C=O) groups excluding carboxylic acids is 3. The van der Waals surface area contributed by atoms with E-state index in [9.17, 15) is 31.9 Å². The number of aromatic nitrogens is 1. The van der Waals surface area contributed by atoms with Gasteiger partial charge in [-0.3, -0.25) is 24.3 Å². The van der Waals surface area contributed by atoms with Crippen LogP contribution in [0.25, 0.3) is 0 Å². The molecule has 1 aliphatic heterocycles. The number of benzene rings is 1. The monoisotopic (exact) mass is 495 g/mol. The fraction of sp³-hybridized carbons (Fsp3) is 0.304. The number of Topliss-reactive ketones (excluding diaryl/α,β-unsaturated/α-hetero) is 1. The highest BCUT2D eigenvalue weighted by atomic mass is 35.5. The van der Waals surface area contributed by atoms with Crippen LogP contribution in [0.15, 0.2) is 54.0 Å². The minimum Gasteiger partial charge on any atom is -0.326 e. The summed E-state index contributed by atoms with van der Waals surface area (Å²) in [4.78, 5) is 44.0. The lowest BCUT2D eigenvalue weighted by atomic mass is 9.72. The fourth-order valence-corrected chi connectivity index (χ4v) is 4.56. The Kier molecular flexibility index (Phi) is 5.55. The number of hydrogen-bond donors (Lipinski definition) is 1. The molecular formula is C23H18ClF4N3O3. The topological polar surface area (TPSA) is 79.4 Å². The standard InChI is InChI=1S/C23H18ClF4N3O3/c1-21(2)9-16-18(17(32)10-21)22(23(26,27)28,30-19(33)12-4-3-7-29-11-12)20(34)31(16)13-5-6-15(25)14(24)8-13/h3-8,11H,9-10H2,1-2H3,(H,30,33)/t22-/m0/s1. The van der Waals surface area contributed by atoms with Gasteiger partial charge in [-0.15, -0.1) is 0 Å².